The van der Waals surface area contributed by atoms with Crippen molar-refractivity contribution in [1.82, 2.24) is 14.5 Å². The summed E-state index contributed by atoms with van der Waals surface area (Å²) >= 11 is 0. The van der Waals surface area contributed by atoms with Crippen LogP contribution >= 0.6 is 0 Å². The zero-order valence-corrected chi connectivity index (χ0v) is 8.14. The fraction of sp³-hybridized carbons (Fsp3) is 0.200. The average Bonchev–Trinajstić information content (AvgIpc) is 2.63. The van der Waals surface area contributed by atoms with Crippen LogP contribution in [-0.4, -0.2) is 34.5 Å². The molecule has 4 nitrogen and oxygen atoms in total. The van der Waals surface area contributed by atoms with E-state index in [0.717, 1.165) is 5.52 Å². The van der Waals surface area contributed by atoms with Crippen LogP contribution in [0.5, 0.6) is 0 Å². The second-order valence-corrected chi connectivity index (χ2v) is 3.28. The number of pyridine rings is 1. The van der Waals surface area contributed by atoms with Crippen molar-refractivity contribution < 1.29 is 4.79 Å². The normalized spacial score (nSPS) is 10.4. The Bertz CT molecular complexity index is 473. The van der Waals surface area contributed by atoms with Crippen molar-refractivity contribution in [3.63, 3.8) is 0 Å². The largest absolute Gasteiger partial charge is 0.343 e. The average molecular weight is 189 g/mol. The first-order chi connectivity index (χ1) is 6.70. The highest BCUT2D eigenvalue weighted by Gasteiger charge is 2.11. The van der Waals surface area contributed by atoms with Crippen molar-refractivity contribution >= 4 is 11.4 Å². The maximum Gasteiger partial charge on any atom is 0.272 e. The second-order valence-electron chi connectivity index (χ2n) is 3.28. The lowest BCUT2D eigenvalue weighted by Crippen LogP contribution is -2.24. The molecule has 4 heteroatoms. The quantitative estimate of drug-likeness (QED) is 0.672. The zero-order chi connectivity index (χ0) is 10.1. The van der Waals surface area contributed by atoms with Crippen LogP contribution in [0.25, 0.3) is 5.52 Å². The number of hydrogen-bond acceptors (Lipinski definition) is 2. The second kappa shape index (κ2) is 3.14. The van der Waals surface area contributed by atoms with Crippen LogP contribution in [0.2, 0.25) is 0 Å². The van der Waals surface area contributed by atoms with Gasteiger partial charge >= 0.3 is 0 Å². The summed E-state index contributed by atoms with van der Waals surface area (Å²) in [6.45, 7) is 0. The summed E-state index contributed by atoms with van der Waals surface area (Å²) in [5, 5.41) is 4.09. The van der Waals surface area contributed by atoms with Gasteiger partial charge in [-0.25, -0.2) is 4.52 Å². The molecule has 0 bridgehead atoms. The standard InChI is InChI=1S/C10H11N3O/c1-12(2)10(14)9-5-3-4-8-6-7-11-13(8)9/h3-7H,1-2H3. The summed E-state index contributed by atoms with van der Waals surface area (Å²) in [6, 6.07) is 7.40. The molecule has 2 aromatic rings. The fourth-order valence-electron chi connectivity index (χ4n) is 1.34. The molecule has 0 radical (unpaired) electrons. The SMILES string of the molecule is CN(C)C(=O)c1cccc2ccnn12. The van der Waals surface area contributed by atoms with Gasteiger partial charge in [0.05, 0.1) is 11.7 Å². The maximum absolute atomic E-state index is 11.7. The molecule has 2 heterocycles. The third kappa shape index (κ3) is 1.25. The van der Waals surface area contributed by atoms with Crippen molar-refractivity contribution in [1.29, 1.82) is 0 Å². The van der Waals surface area contributed by atoms with E-state index in [9.17, 15) is 4.79 Å². The zero-order valence-electron chi connectivity index (χ0n) is 8.14. The minimum absolute atomic E-state index is 0.0423. The monoisotopic (exact) mass is 189 g/mol. The molecule has 0 aromatic carbocycles. The minimum Gasteiger partial charge on any atom is -0.343 e. The summed E-state index contributed by atoms with van der Waals surface area (Å²) in [6.07, 6.45) is 1.68. The first-order valence-corrected chi connectivity index (χ1v) is 4.34. The molecule has 0 fully saturated rings. The van der Waals surface area contributed by atoms with Gasteiger partial charge in [0.15, 0.2) is 0 Å². The fourth-order valence-corrected chi connectivity index (χ4v) is 1.34. The highest BCUT2D eigenvalue weighted by molar-refractivity contribution is 5.92. The molecule has 0 saturated carbocycles. The Morgan fingerprint density at radius 2 is 2.14 bits per heavy atom. The van der Waals surface area contributed by atoms with Gasteiger partial charge in [0.1, 0.15) is 5.69 Å². The number of nitrogens with zero attached hydrogens (tertiary/aromatic N) is 3. The molecule has 2 rings (SSSR count). The van der Waals surface area contributed by atoms with Crippen LogP contribution in [0.4, 0.5) is 0 Å². The number of rotatable bonds is 1. The van der Waals surface area contributed by atoms with Crippen LogP contribution < -0.4 is 0 Å². The van der Waals surface area contributed by atoms with E-state index in [-0.39, 0.29) is 5.91 Å². The van der Waals surface area contributed by atoms with E-state index in [1.165, 1.54) is 4.90 Å². The van der Waals surface area contributed by atoms with Crippen LogP contribution in [0, 0.1) is 0 Å². The van der Waals surface area contributed by atoms with E-state index in [4.69, 9.17) is 0 Å². The first-order valence-electron chi connectivity index (χ1n) is 4.34. The lowest BCUT2D eigenvalue weighted by Gasteiger charge is -2.10. The summed E-state index contributed by atoms with van der Waals surface area (Å²) < 4.78 is 1.64. The molecule has 0 spiro atoms. The first kappa shape index (κ1) is 8.74. The highest BCUT2D eigenvalue weighted by atomic mass is 16.2. The van der Waals surface area contributed by atoms with Gasteiger partial charge in [0.25, 0.3) is 5.91 Å². The van der Waals surface area contributed by atoms with Crippen molar-refractivity contribution in [3.05, 3.63) is 36.2 Å². The lowest BCUT2D eigenvalue weighted by atomic mass is 10.3. The van der Waals surface area contributed by atoms with Gasteiger partial charge in [-0.2, -0.15) is 5.10 Å². The molecule has 72 valence electrons. The molecule has 0 aliphatic rings. The Hall–Kier alpha value is -1.84. The van der Waals surface area contributed by atoms with E-state index in [2.05, 4.69) is 5.10 Å². The topological polar surface area (TPSA) is 37.6 Å². The molecule has 0 aliphatic heterocycles. The van der Waals surface area contributed by atoms with Crippen molar-refractivity contribution in [2.24, 2.45) is 0 Å². The molecule has 0 aliphatic carbocycles. The Morgan fingerprint density at radius 1 is 1.36 bits per heavy atom. The van der Waals surface area contributed by atoms with E-state index in [1.54, 1.807) is 30.9 Å². The maximum atomic E-state index is 11.7. The smallest absolute Gasteiger partial charge is 0.272 e. The van der Waals surface area contributed by atoms with Gasteiger partial charge in [-0.05, 0) is 18.2 Å². The lowest BCUT2D eigenvalue weighted by molar-refractivity contribution is 0.0819. The summed E-state index contributed by atoms with van der Waals surface area (Å²) in [7, 11) is 3.45. The van der Waals surface area contributed by atoms with Gasteiger partial charge in [-0.1, -0.05) is 6.07 Å². The third-order valence-electron chi connectivity index (χ3n) is 2.05. The van der Waals surface area contributed by atoms with Gasteiger partial charge in [0, 0.05) is 14.1 Å². The number of fused-ring (bicyclic) bond motifs is 1. The summed E-state index contributed by atoms with van der Waals surface area (Å²) in [5.74, 6) is -0.0423. The van der Waals surface area contributed by atoms with Crippen LogP contribution in [0.1, 0.15) is 10.5 Å². The number of amides is 1. The molecular formula is C10H11N3O. The summed E-state index contributed by atoms with van der Waals surface area (Å²) in [4.78, 5) is 13.3. The van der Waals surface area contributed by atoms with E-state index in [0.29, 0.717) is 5.69 Å². The van der Waals surface area contributed by atoms with Crippen molar-refractivity contribution in [2.75, 3.05) is 14.1 Å². The summed E-state index contributed by atoms with van der Waals surface area (Å²) in [5.41, 5.74) is 1.51. The number of carbonyl (C=O) groups excluding carboxylic acids is 1. The van der Waals surface area contributed by atoms with Crippen LogP contribution in [0.15, 0.2) is 30.5 Å². The predicted octanol–water partition coefficient (Wildman–Crippen LogP) is 1.04. The molecular weight excluding hydrogens is 178 g/mol. The number of hydrogen-bond donors (Lipinski definition) is 0. The van der Waals surface area contributed by atoms with Crippen molar-refractivity contribution in [3.8, 4) is 0 Å². The number of aromatic nitrogens is 2. The predicted molar refractivity (Wildman–Crippen MR) is 53.2 cm³/mol. The molecule has 0 N–H and O–H groups in total. The third-order valence-corrected chi connectivity index (χ3v) is 2.05. The van der Waals surface area contributed by atoms with E-state index in [1.807, 2.05) is 18.2 Å². The van der Waals surface area contributed by atoms with Gasteiger partial charge in [-0.15, -0.1) is 0 Å². The van der Waals surface area contributed by atoms with Crippen LogP contribution in [0.3, 0.4) is 0 Å². The van der Waals surface area contributed by atoms with E-state index >= 15 is 0 Å². The molecule has 14 heavy (non-hydrogen) atoms. The Kier molecular flexibility index (Phi) is 1.96. The Balaban J connectivity index is 2.62. The van der Waals surface area contributed by atoms with Crippen LogP contribution in [-0.2, 0) is 0 Å². The Morgan fingerprint density at radius 3 is 2.86 bits per heavy atom. The van der Waals surface area contributed by atoms with Gasteiger partial charge < -0.3 is 4.90 Å². The van der Waals surface area contributed by atoms with Crippen molar-refractivity contribution in [2.45, 2.75) is 0 Å². The molecule has 2 aromatic heterocycles. The van der Waals surface area contributed by atoms with Gasteiger partial charge in [0.2, 0.25) is 0 Å². The molecule has 0 saturated heterocycles. The molecule has 0 atom stereocenters. The van der Waals surface area contributed by atoms with Gasteiger partial charge in [-0.3, -0.25) is 4.79 Å². The number of carbonyl (C=O) groups is 1. The molecule has 0 unspecified atom stereocenters. The highest BCUT2D eigenvalue weighted by Crippen LogP contribution is 2.07. The van der Waals surface area contributed by atoms with E-state index < -0.39 is 0 Å². The Labute approximate surface area is 81.8 Å². The molecule has 1 amide bonds. The minimum atomic E-state index is -0.0423.